The van der Waals surface area contributed by atoms with Gasteiger partial charge in [0.05, 0.1) is 5.82 Å². The first kappa shape index (κ1) is 15.4. The zero-order valence-corrected chi connectivity index (χ0v) is 12.6. The summed E-state index contributed by atoms with van der Waals surface area (Å²) >= 11 is 0. The van der Waals surface area contributed by atoms with E-state index in [1.54, 1.807) is 0 Å². The largest absolute Gasteiger partial charge is 0.375 e. The van der Waals surface area contributed by atoms with Crippen LogP contribution in [0.5, 0.6) is 0 Å². The van der Waals surface area contributed by atoms with Crippen LogP contribution in [0.15, 0.2) is 12.4 Å². The van der Waals surface area contributed by atoms with Crippen molar-refractivity contribution in [1.82, 2.24) is 16.0 Å². The maximum absolute atomic E-state index is 3.96. The van der Waals surface area contributed by atoms with Gasteiger partial charge in [0.25, 0.3) is 0 Å². The molecule has 0 aliphatic heterocycles. The SMILES string of the molecule is C=C(NC)N[C@H](CNC)CC1CCC(C)(C)CC1. The molecule has 0 aromatic rings. The van der Waals surface area contributed by atoms with Crippen LogP contribution < -0.4 is 16.0 Å². The second-order valence-corrected chi connectivity index (χ2v) is 6.47. The lowest BCUT2D eigenvalue weighted by Crippen LogP contribution is -2.41. The Balaban J connectivity index is 2.39. The Morgan fingerprint density at radius 2 is 1.89 bits per heavy atom. The second kappa shape index (κ2) is 7.03. The fraction of sp³-hybridized carbons (Fsp3) is 0.867. The summed E-state index contributed by atoms with van der Waals surface area (Å²) in [6, 6.07) is 0.487. The number of rotatable bonds is 7. The van der Waals surface area contributed by atoms with Gasteiger partial charge in [-0.1, -0.05) is 20.4 Å². The van der Waals surface area contributed by atoms with Crippen molar-refractivity contribution in [1.29, 1.82) is 0 Å². The van der Waals surface area contributed by atoms with Crippen molar-refractivity contribution in [3.8, 4) is 0 Å². The van der Waals surface area contributed by atoms with Crippen LogP contribution in [-0.4, -0.2) is 26.7 Å². The first-order valence-electron chi connectivity index (χ1n) is 7.24. The Hall–Kier alpha value is -0.700. The normalized spacial score (nSPS) is 21.3. The third-order valence-electron chi connectivity index (χ3n) is 4.21. The van der Waals surface area contributed by atoms with Crippen LogP contribution >= 0.6 is 0 Å². The van der Waals surface area contributed by atoms with Crippen LogP contribution in [0.3, 0.4) is 0 Å². The predicted molar refractivity (Wildman–Crippen MR) is 79.4 cm³/mol. The molecule has 0 radical (unpaired) electrons. The maximum atomic E-state index is 3.96. The molecule has 0 amide bonds. The number of likely N-dealkylation sites (N-methyl/N-ethyl adjacent to an activating group) is 1. The van der Waals surface area contributed by atoms with Gasteiger partial charge in [-0.2, -0.15) is 0 Å². The molecule has 0 saturated heterocycles. The van der Waals surface area contributed by atoms with E-state index in [4.69, 9.17) is 0 Å². The average molecular weight is 253 g/mol. The van der Waals surface area contributed by atoms with Gasteiger partial charge in [-0.3, -0.25) is 0 Å². The van der Waals surface area contributed by atoms with Crippen molar-refractivity contribution >= 4 is 0 Å². The number of nitrogens with one attached hydrogen (secondary N) is 3. The van der Waals surface area contributed by atoms with Gasteiger partial charge in [-0.25, -0.2) is 0 Å². The monoisotopic (exact) mass is 253 g/mol. The van der Waals surface area contributed by atoms with E-state index in [-0.39, 0.29) is 0 Å². The van der Waals surface area contributed by atoms with Crippen LogP contribution in [0, 0.1) is 11.3 Å². The average Bonchev–Trinajstić information content (AvgIpc) is 2.32. The first-order chi connectivity index (χ1) is 8.46. The van der Waals surface area contributed by atoms with Crippen molar-refractivity contribution in [2.45, 2.75) is 52.0 Å². The molecule has 0 bridgehead atoms. The summed E-state index contributed by atoms with van der Waals surface area (Å²) in [5.74, 6) is 1.79. The van der Waals surface area contributed by atoms with Gasteiger partial charge >= 0.3 is 0 Å². The van der Waals surface area contributed by atoms with Crippen molar-refractivity contribution < 1.29 is 0 Å². The summed E-state index contributed by atoms with van der Waals surface area (Å²) in [6.45, 7) is 9.76. The zero-order chi connectivity index (χ0) is 13.6. The summed E-state index contributed by atoms with van der Waals surface area (Å²) in [4.78, 5) is 0. The number of hydrogen-bond acceptors (Lipinski definition) is 3. The van der Waals surface area contributed by atoms with Gasteiger partial charge in [0.2, 0.25) is 0 Å². The van der Waals surface area contributed by atoms with Crippen LogP contribution in [0.1, 0.15) is 46.0 Å². The molecular weight excluding hydrogens is 222 g/mol. The molecule has 3 heteroatoms. The highest BCUT2D eigenvalue weighted by molar-refractivity contribution is 4.92. The molecule has 1 aliphatic rings. The molecule has 18 heavy (non-hydrogen) atoms. The molecule has 1 atom stereocenters. The highest BCUT2D eigenvalue weighted by atomic mass is 15.1. The van der Waals surface area contributed by atoms with Crippen molar-refractivity contribution in [2.75, 3.05) is 20.6 Å². The lowest BCUT2D eigenvalue weighted by Gasteiger charge is -2.36. The van der Waals surface area contributed by atoms with Gasteiger partial charge in [0, 0.05) is 19.6 Å². The minimum absolute atomic E-state index is 0.487. The molecule has 0 spiro atoms. The van der Waals surface area contributed by atoms with Crippen LogP contribution in [0.25, 0.3) is 0 Å². The quantitative estimate of drug-likeness (QED) is 0.652. The van der Waals surface area contributed by atoms with Crippen LogP contribution in [0.4, 0.5) is 0 Å². The Kier molecular flexibility index (Phi) is 6.00. The van der Waals surface area contributed by atoms with Crippen molar-refractivity contribution in [3.05, 3.63) is 12.4 Å². The minimum Gasteiger partial charge on any atom is -0.375 e. The second-order valence-electron chi connectivity index (χ2n) is 6.47. The molecule has 0 unspecified atom stereocenters. The molecule has 1 saturated carbocycles. The van der Waals surface area contributed by atoms with E-state index < -0.39 is 0 Å². The van der Waals surface area contributed by atoms with E-state index in [9.17, 15) is 0 Å². The zero-order valence-electron chi connectivity index (χ0n) is 12.6. The molecule has 0 heterocycles. The molecule has 1 aliphatic carbocycles. The van der Waals surface area contributed by atoms with E-state index >= 15 is 0 Å². The van der Waals surface area contributed by atoms with Crippen molar-refractivity contribution in [2.24, 2.45) is 11.3 Å². The first-order valence-corrected chi connectivity index (χ1v) is 7.24. The summed E-state index contributed by atoms with van der Waals surface area (Å²) in [7, 11) is 3.93. The molecule has 1 rings (SSSR count). The van der Waals surface area contributed by atoms with Crippen LogP contribution in [0.2, 0.25) is 0 Å². The predicted octanol–water partition coefficient (Wildman–Crippen LogP) is 2.46. The van der Waals surface area contributed by atoms with E-state index in [0.717, 1.165) is 18.3 Å². The van der Waals surface area contributed by atoms with Gasteiger partial charge in [0.15, 0.2) is 0 Å². The third kappa shape index (κ3) is 5.30. The molecule has 0 aromatic heterocycles. The smallest absolute Gasteiger partial charge is 0.0912 e. The Bertz CT molecular complexity index is 250. The molecule has 0 aromatic carbocycles. The highest BCUT2D eigenvalue weighted by Gasteiger charge is 2.28. The summed E-state index contributed by atoms with van der Waals surface area (Å²) in [6.07, 6.45) is 6.74. The molecule has 3 nitrogen and oxygen atoms in total. The summed E-state index contributed by atoms with van der Waals surface area (Å²) in [5, 5.41) is 9.81. The van der Waals surface area contributed by atoms with Crippen LogP contribution in [-0.2, 0) is 0 Å². The fourth-order valence-corrected chi connectivity index (χ4v) is 2.86. The Morgan fingerprint density at radius 3 is 2.39 bits per heavy atom. The lowest BCUT2D eigenvalue weighted by molar-refractivity contribution is 0.176. The standard InChI is InChI=1S/C15H31N3/c1-12(17-5)18-14(11-16-4)10-13-6-8-15(2,3)9-7-13/h13-14,16-18H,1,6-11H2,2-5H3/t14-/m0/s1. The Labute approximate surface area is 113 Å². The van der Waals surface area contributed by atoms with E-state index in [1.807, 2.05) is 14.1 Å². The number of hydrogen-bond donors (Lipinski definition) is 3. The molecule has 106 valence electrons. The summed E-state index contributed by atoms with van der Waals surface area (Å²) < 4.78 is 0. The van der Waals surface area contributed by atoms with Gasteiger partial charge < -0.3 is 16.0 Å². The molecular formula is C15H31N3. The maximum Gasteiger partial charge on any atom is 0.0912 e. The minimum atomic E-state index is 0.487. The van der Waals surface area contributed by atoms with Crippen molar-refractivity contribution in [3.63, 3.8) is 0 Å². The lowest BCUT2D eigenvalue weighted by atomic mass is 9.71. The fourth-order valence-electron chi connectivity index (χ4n) is 2.86. The Morgan fingerprint density at radius 1 is 1.28 bits per heavy atom. The van der Waals surface area contributed by atoms with Gasteiger partial charge in [-0.05, 0) is 50.5 Å². The van der Waals surface area contributed by atoms with E-state index in [2.05, 4.69) is 36.4 Å². The van der Waals surface area contributed by atoms with Gasteiger partial charge in [-0.15, -0.1) is 0 Å². The van der Waals surface area contributed by atoms with Gasteiger partial charge in [0.1, 0.15) is 0 Å². The third-order valence-corrected chi connectivity index (χ3v) is 4.21. The highest BCUT2D eigenvalue weighted by Crippen LogP contribution is 2.39. The van der Waals surface area contributed by atoms with E-state index in [0.29, 0.717) is 11.5 Å². The molecule has 3 N–H and O–H groups in total. The molecule has 1 fully saturated rings. The summed E-state index contributed by atoms with van der Waals surface area (Å²) in [5.41, 5.74) is 0.566. The topological polar surface area (TPSA) is 36.1 Å². The van der Waals surface area contributed by atoms with E-state index in [1.165, 1.54) is 32.1 Å².